The standard InChI is InChI=1S/C27H37N5O4S/c1-26(2,3)36-25(33)31-15-12-27(18-31)11-8-19(16-27)22-7-5-6-20-17-28-24(30-23(20)22)29-21-9-13-32(14-10-21)37(4,34)35/h5-8,17,21H,9-16,18H2,1-4H3,(H,28,29,30). The molecule has 10 heteroatoms. The van der Waals surface area contributed by atoms with Crippen molar-refractivity contribution in [3.63, 3.8) is 0 Å². The fourth-order valence-electron chi connectivity index (χ4n) is 5.72. The van der Waals surface area contributed by atoms with Gasteiger partial charge in [0.25, 0.3) is 0 Å². The lowest BCUT2D eigenvalue weighted by molar-refractivity contribution is 0.0275. The number of nitrogens with zero attached hydrogens (tertiary/aromatic N) is 4. The van der Waals surface area contributed by atoms with Gasteiger partial charge < -0.3 is 15.0 Å². The summed E-state index contributed by atoms with van der Waals surface area (Å²) < 4.78 is 30.8. The van der Waals surface area contributed by atoms with Crippen molar-refractivity contribution in [1.82, 2.24) is 19.2 Å². The van der Waals surface area contributed by atoms with Gasteiger partial charge in [-0.3, -0.25) is 0 Å². The van der Waals surface area contributed by atoms with Gasteiger partial charge in [-0.05, 0) is 63.9 Å². The Morgan fingerprint density at radius 1 is 1.19 bits per heavy atom. The van der Waals surface area contributed by atoms with E-state index in [1.807, 2.05) is 44.0 Å². The summed E-state index contributed by atoms with van der Waals surface area (Å²) in [4.78, 5) is 23.9. The first-order chi connectivity index (χ1) is 17.4. The Morgan fingerprint density at radius 3 is 2.65 bits per heavy atom. The molecule has 1 aliphatic carbocycles. The summed E-state index contributed by atoms with van der Waals surface area (Å²) >= 11 is 0. The molecule has 2 fully saturated rings. The Morgan fingerprint density at radius 2 is 1.95 bits per heavy atom. The number of aromatic nitrogens is 2. The van der Waals surface area contributed by atoms with E-state index < -0.39 is 15.6 Å². The second-order valence-corrected chi connectivity index (χ2v) is 13.8. The van der Waals surface area contributed by atoms with Crippen molar-refractivity contribution < 1.29 is 17.9 Å². The van der Waals surface area contributed by atoms with E-state index in [9.17, 15) is 13.2 Å². The van der Waals surface area contributed by atoms with Gasteiger partial charge in [0.2, 0.25) is 16.0 Å². The molecule has 0 radical (unpaired) electrons. The zero-order valence-corrected chi connectivity index (χ0v) is 23.0. The van der Waals surface area contributed by atoms with E-state index in [1.54, 1.807) is 0 Å². The number of carbonyl (C=O) groups excluding carboxylic acids is 1. The maximum atomic E-state index is 12.6. The molecule has 5 rings (SSSR count). The van der Waals surface area contributed by atoms with Crippen molar-refractivity contribution in [2.24, 2.45) is 5.41 Å². The summed E-state index contributed by atoms with van der Waals surface area (Å²) in [5, 5.41) is 4.41. The minimum Gasteiger partial charge on any atom is -0.444 e. The van der Waals surface area contributed by atoms with Gasteiger partial charge in [0.1, 0.15) is 5.60 Å². The smallest absolute Gasteiger partial charge is 0.410 e. The molecule has 2 saturated heterocycles. The molecule has 1 aromatic heterocycles. The first-order valence-electron chi connectivity index (χ1n) is 13.1. The van der Waals surface area contributed by atoms with Gasteiger partial charge in [-0.15, -0.1) is 0 Å². The number of allylic oxidation sites excluding steroid dienone is 2. The number of hydrogen-bond donors (Lipinski definition) is 1. The summed E-state index contributed by atoms with van der Waals surface area (Å²) in [6.07, 6.45) is 9.44. The Labute approximate surface area is 219 Å². The quantitative estimate of drug-likeness (QED) is 0.633. The Bertz CT molecular complexity index is 1330. The van der Waals surface area contributed by atoms with Crippen LogP contribution in [0.1, 0.15) is 58.4 Å². The van der Waals surface area contributed by atoms with Gasteiger partial charge in [-0.1, -0.05) is 24.3 Å². The van der Waals surface area contributed by atoms with Crippen molar-refractivity contribution in [1.29, 1.82) is 0 Å². The van der Waals surface area contributed by atoms with Crippen LogP contribution < -0.4 is 5.32 Å². The molecule has 9 nitrogen and oxygen atoms in total. The Balaban J connectivity index is 1.29. The molecule has 1 N–H and O–H groups in total. The number of hydrogen-bond acceptors (Lipinski definition) is 7. The highest BCUT2D eigenvalue weighted by molar-refractivity contribution is 7.88. The maximum absolute atomic E-state index is 12.6. The minimum absolute atomic E-state index is 0.0517. The van der Waals surface area contributed by atoms with Crippen LogP contribution in [-0.4, -0.2) is 77.8 Å². The highest BCUT2D eigenvalue weighted by Crippen LogP contribution is 2.48. The van der Waals surface area contributed by atoms with Crippen molar-refractivity contribution in [2.45, 2.75) is 64.5 Å². The van der Waals surface area contributed by atoms with Crippen LogP contribution in [0, 0.1) is 5.41 Å². The molecular formula is C27H37N5O4S. The van der Waals surface area contributed by atoms with Crippen LogP contribution in [0.5, 0.6) is 0 Å². The molecule has 1 unspecified atom stereocenters. The molecule has 1 aromatic carbocycles. The van der Waals surface area contributed by atoms with Crippen LogP contribution in [0.3, 0.4) is 0 Å². The van der Waals surface area contributed by atoms with Gasteiger partial charge in [0.05, 0.1) is 11.8 Å². The van der Waals surface area contributed by atoms with Gasteiger partial charge in [-0.25, -0.2) is 27.5 Å². The molecule has 37 heavy (non-hydrogen) atoms. The van der Waals surface area contributed by atoms with E-state index in [0.717, 1.165) is 55.1 Å². The number of nitrogens with one attached hydrogen (secondary N) is 1. The van der Waals surface area contributed by atoms with Gasteiger partial charge in [-0.2, -0.15) is 0 Å². The third-order valence-electron chi connectivity index (χ3n) is 7.65. The Kier molecular flexibility index (Phi) is 6.68. The van der Waals surface area contributed by atoms with E-state index in [0.29, 0.717) is 25.6 Å². The first kappa shape index (κ1) is 25.9. The van der Waals surface area contributed by atoms with E-state index in [1.165, 1.54) is 16.1 Å². The van der Waals surface area contributed by atoms with Crippen LogP contribution in [0.4, 0.5) is 10.7 Å². The third kappa shape index (κ3) is 5.75. The molecule has 1 amide bonds. The highest BCUT2D eigenvalue weighted by atomic mass is 32.2. The van der Waals surface area contributed by atoms with Crippen molar-refractivity contribution in [3.8, 4) is 0 Å². The molecule has 3 heterocycles. The second kappa shape index (κ2) is 9.54. The largest absolute Gasteiger partial charge is 0.444 e. The lowest BCUT2D eigenvalue weighted by Crippen LogP contribution is -2.42. The molecule has 2 aromatic rings. The van der Waals surface area contributed by atoms with Crippen molar-refractivity contribution >= 4 is 38.5 Å². The zero-order chi connectivity index (χ0) is 26.4. The van der Waals surface area contributed by atoms with Gasteiger partial charge in [0, 0.05) is 49.4 Å². The number of rotatable bonds is 4. The van der Waals surface area contributed by atoms with Crippen molar-refractivity contribution in [3.05, 3.63) is 36.0 Å². The van der Waals surface area contributed by atoms with Gasteiger partial charge in [0.15, 0.2) is 0 Å². The summed E-state index contributed by atoms with van der Waals surface area (Å²) in [6.45, 7) is 8.14. The SMILES string of the molecule is CC(C)(C)OC(=O)N1CCC2(CC=C(c3cccc4cnc(NC5CCN(S(C)(=O)=O)CC5)nc34)C2)C1. The Hall–Kier alpha value is -2.72. The number of benzene rings is 1. The number of amides is 1. The van der Waals surface area contributed by atoms with Crippen molar-refractivity contribution in [2.75, 3.05) is 37.8 Å². The van der Waals surface area contributed by atoms with E-state index in [-0.39, 0.29) is 17.6 Å². The first-order valence-corrected chi connectivity index (χ1v) is 14.9. The molecule has 2 aliphatic heterocycles. The van der Waals surface area contributed by atoms with Crippen LogP contribution in [0.15, 0.2) is 30.5 Å². The number of fused-ring (bicyclic) bond motifs is 1. The maximum Gasteiger partial charge on any atom is 0.410 e. The molecule has 3 aliphatic rings. The fourth-order valence-corrected chi connectivity index (χ4v) is 6.59. The van der Waals surface area contributed by atoms with Crippen LogP contribution in [0.2, 0.25) is 0 Å². The zero-order valence-electron chi connectivity index (χ0n) is 22.2. The molecular weight excluding hydrogens is 490 g/mol. The number of anilines is 1. The fraction of sp³-hybridized carbons (Fsp3) is 0.593. The lowest BCUT2D eigenvalue weighted by Gasteiger charge is -2.30. The molecule has 0 saturated carbocycles. The summed E-state index contributed by atoms with van der Waals surface area (Å²) in [5.41, 5.74) is 2.85. The van der Waals surface area contributed by atoms with Gasteiger partial charge >= 0.3 is 6.09 Å². The number of sulfonamides is 1. The molecule has 1 spiro atoms. The van der Waals surface area contributed by atoms with Crippen LogP contribution >= 0.6 is 0 Å². The van der Waals surface area contributed by atoms with E-state index >= 15 is 0 Å². The summed E-state index contributed by atoms with van der Waals surface area (Å²) in [7, 11) is -3.15. The molecule has 1 atom stereocenters. The monoisotopic (exact) mass is 527 g/mol. The molecule has 200 valence electrons. The summed E-state index contributed by atoms with van der Waals surface area (Å²) in [6, 6.07) is 6.32. The minimum atomic E-state index is -3.15. The average Bonchev–Trinajstić information content (AvgIpc) is 3.44. The predicted molar refractivity (Wildman–Crippen MR) is 145 cm³/mol. The number of ether oxygens (including phenoxy) is 1. The van der Waals surface area contributed by atoms with E-state index in [2.05, 4.69) is 22.4 Å². The lowest BCUT2D eigenvalue weighted by atomic mass is 9.82. The average molecular weight is 528 g/mol. The van der Waals surface area contributed by atoms with Crippen LogP contribution in [-0.2, 0) is 14.8 Å². The number of para-hydroxylation sites is 1. The number of likely N-dealkylation sites (tertiary alicyclic amines) is 1. The normalized spacial score (nSPS) is 23.6. The van der Waals surface area contributed by atoms with E-state index in [4.69, 9.17) is 9.72 Å². The highest BCUT2D eigenvalue weighted by Gasteiger charge is 2.43. The molecule has 0 bridgehead atoms. The number of carbonyl (C=O) groups is 1. The predicted octanol–water partition coefficient (Wildman–Crippen LogP) is 4.27. The second-order valence-electron chi connectivity index (χ2n) is 11.8. The number of piperidine rings is 1. The third-order valence-corrected chi connectivity index (χ3v) is 8.95. The topological polar surface area (TPSA) is 105 Å². The van der Waals surface area contributed by atoms with Crippen LogP contribution in [0.25, 0.3) is 16.5 Å². The summed E-state index contributed by atoms with van der Waals surface area (Å²) in [5.74, 6) is 0.572.